The van der Waals surface area contributed by atoms with Crippen LogP contribution < -0.4 is 5.56 Å². The smallest absolute Gasteiger partial charge is 0.416 e. The average molecular weight is 349 g/mol. The first-order valence-electron chi connectivity index (χ1n) is 7.45. The van der Waals surface area contributed by atoms with Gasteiger partial charge in [-0.15, -0.1) is 0 Å². The third-order valence-electron chi connectivity index (χ3n) is 3.77. The summed E-state index contributed by atoms with van der Waals surface area (Å²) in [6, 6.07) is 6.15. The Morgan fingerprint density at radius 3 is 2.48 bits per heavy atom. The van der Waals surface area contributed by atoms with Crippen LogP contribution in [0.2, 0.25) is 0 Å². The van der Waals surface area contributed by atoms with Crippen LogP contribution in [0.1, 0.15) is 35.6 Å². The Morgan fingerprint density at radius 1 is 1.20 bits per heavy atom. The zero-order chi connectivity index (χ0) is 18.2. The molecule has 1 N–H and O–H groups in total. The first-order valence-corrected chi connectivity index (χ1v) is 7.45. The number of hydrogen-bond donors (Lipinski definition) is 1. The highest BCUT2D eigenvalue weighted by Gasteiger charge is 2.30. The van der Waals surface area contributed by atoms with Gasteiger partial charge >= 0.3 is 6.18 Å². The van der Waals surface area contributed by atoms with E-state index in [9.17, 15) is 18.0 Å². The summed E-state index contributed by atoms with van der Waals surface area (Å²) in [6.45, 7) is 3.43. The number of hydrogen-bond acceptors (Lipinski definition) is 4. The topological polar surface area (TPSA) is 71.8 Å². The molecule has 0 saturated heterocycles. The highest BCUT2D eigenvalue weighted by atomic mass is 19.4. The van der Waals surface area contributed by atoms with Gasteiger partial charge in [0.1, 0.15) is 17.3 Å². The number of benzene rings is 1. The number of oxazole rings is 1. The van der Waals surface area contributed by atoms with Crippen molar-refractivity contribution in [2.75, 3.05) is 0 Å². The number of aryl methyl sites for hydroxylation is 1. The lowest BCUT2D eigenvalue weighted by atomic mass is 9.98. The molecule has 0 aliphatic heterocycles. The molecule has 1 atom stereocenters. The number of aromatic amines is 1. The van der Waals surface area contributed by atoms with Crippen LogP contribution in [0, 0.1) is 6.92 Å². The largest absolute Gasteiger partial charge is 0.439 e. The van der Waals surface area contributed by atoms with Gasteiger partial charge in [-0.25, -0.2) is 9.97 Å². The summed E-state index contributed by atoms with van der Waals surface area (Å²) in [6.07, 6.45) is -2.89. The first-order chi connectivity index (χ1) is 11.7. The molecule has 0 radical (unpaired) electrons. The second-order valence-electron chi connectivity index (χ2n) is 5.63. The highest BCUT2D eigenvalue weighted by Crippen LogP contribution is 2.32. The Bertz CT molecular complexity index is 943. The van der Waals surface area contributed by atoms with E-state index in [0.717, 1.165) is 12.1 Å². The molecule has 25 heavy (non-hydrogen) atoms. The van der Waals surface area contributed by atoms with Gasteiger partial charge in [-0.2, -0.15) is 13.2 Å². The van der Waals surface area contributed by atoms with E-state index in [1.54, 1.807) is 13.8 Å². The summed E-state index contributed by atoms with van der Waals surface area (Å²) >= 11 is 0. The van der Waals surface area contributed by atoms with Crippen LogP contribution in [0.5, 0.6) is 0 Å². The molecule has 0 fully saturated rings. The van der Waals surface area contributed by atoms with E-state index in [4.69, 9.17) is 4.42 Å². The quantitative estimate of drug-likeness (QED) is 0.778. The number of nitrogens with one attached hydrogen (secondary N) is 1. The minimum absolute atomic E-state index is 0.183. The second-order valence-corrected chi connectivity index (χ2v) is 5.63. The Kier molecular flexibility index (Phi) is 4.20. The molecule has 1 aromatic carbocycles. The van der Waals surface area contributed by atoms with Crippen LogP contribution >= 0.6 is 0 Å². The number of alkyl halides is 3. The Hall–Kier alpha value is -2.90. The van der Waals surface area contributed by atoms with Gasteiger partial charge in [0.2, 0.25) is 5.89 Å². The SMILES string of the molecule is Cc1nc(-c2ncc(C(C)c3ccc(C(F)(F)F)cc3)o2)cc(=O)[nH]1. The standard InChI is InChI=1S/C17H14F3N3O2/c1-9(11-3-5-12(6-4-11)17(18,19)20)14-8-21-16(25-14)13-7-15(24)23-10(2)22-13/h3-9H,1-2H3,(H,22,23,24). The molecule has 0 aliphatic rings. The summed E-state index contributed by atoms with van der Waals surface area (Å²) in [5.41, 5.74) is -0.0687. The third-order valence-corrected chi connectivity index (χ3v) is 3.77. The van der Waals surface area contributed by atoms with Crippen molar-refractivity contribution in [2.24, 2.45) is 0 Å². The maximum Gasteiger partial charge on any atom is 0.416 e. The van der Waals surface area contributed by atoms with Gasteiger partial charge < -0.3 is 9.40 Å². The van der Waals surface area contributed by atoms with E-state index < -0.39 is 11.7 Å². The van der Waals surface area contributed by atoms with Gasteiger partial charge in [0.15, 0.2) is 0 Å². The molecule has 0 bridgehead atoms. The summed E-state index contributed by atoms with van der Waals surface area (Å²) in [4.78, 5) is 22.3. The molecular weight excluding hydrogens is 335 g/mol. The van der Waals surface area contributed by atoms with Crippen LogP contribution in [0.15, 0.2) is 45.7 Å². The van der Waals surface area contributed by atoms with Crippen LogP contribution in [0.4, 0.5) is 13.2 Å². The summed E-state index contributed by atoms with van der Waals surface area (Å²) in [7, 11) is 0. The normalized spacial score (nSPS) is 13.0. The lowest BCUT2D eigenvalue weighted by Gasteiger charge is -2.11. The van der Waals surface area contributed by atoms with E-state index in [0.29, 0.717) is 22.8 Å². The molecule has 2 aromatic heterocycles. The molecule has 2 heterocycles. The van der Waals surface area contributed by atoms with Gasteiger partial charge in [0.05, 0.1) is 11.8 Å². The van der Waals surface area contributed by atoms with Crippen molar-refractivity contribution in [3.05, 3.63) is 69.6 Å². The average Bonchev–Trinajstić information content (AvgIpc) is 3.02. The maximum atomic E-state index is 12.6. The van der Waals surface area contributed by atoms with Crippen molar-refractivity contribution in [2.45, 2.75) is 25.9 Å². The fourth-order valence-corrected chi connectivity index (χ4v) is 2.42. The minimum Gasteiger partial charge on any atom is -0.439 e. The predicted octanol–water partition coefficient (Wildman–Crippen LogP) is 3.90. The Balaban J connectivity index is 1.87. The maximum absolute atomic E-state index is 12.6. The lowest BCUT2D eigenvalue weighted by Crippen LogP contribution is -2.08. The third kappa shape index (κ3) is 3.62. The van der Waals surface area contributed by atoms with Crippen molar-refractivity contribution in [3.63, 3.8) is 0 Å². The lowest BCUT2D eigenvalue weighted by molar-refractivity contribution is -0.137. The summed E-state index contributed by atoms with van der Waals surface area (Å²) < 4.78 is 43.6. The second kappa shape index (κ2) is 6.19. The molecule has 3 aromatic rings. The van der Waals surface area contributed by atoms with Crippen molar-refractivity contribution in [1.82, 2.24) is 15.0 Å². The van der Waals surface area contributed by atoms with E-state index in [1.807, 2.05) is 0 Å². The Labute approximate surface area is 140 Å². The van der Waals surface area contributed by atoms with Crippen LogP contribution in [0.3, 0.4) is 0 Å². The van der Waals surface area contributed by atoms with E-state index >= 15 is 0 Å². The van der Waals surface area contributed by atoms with E-state index in [2.05, 4.69) is 15.0 Å². The fraction of sp³-hybridized carbons (Fsp3) is 0.235. The molecular formula is C17H14F3N3O2. The summed E-state index contributed by atoms with van der Waals surface area (Å²) in [5.74, 6) is 0.780. The van der Waals surface area contributed by atoms with Gasteiger partial charge in [-0.1, -0.05) is 19.1 Å². The zero-order valence-electron chi connectivity index (χ0n) is 13.4. The van der Waals surface area contributed by atoms with E-state index in [1.165, 1.54) is 24.4 Å². The number of aromatic nitrogens is 3. The van der Waals surface area contributed by atoms with Gasteiger partial charge in [-0.05, 0) is 24.6 Å². The Morgan fingerprint density at radius 2 is 1.88 bits per heavy atom. The highest BCUT2D eigenvalue weighted by molar-refractivity contribution is 5.46. The van der Waals surface area contributed by atoms with E-state index in [-0.39, 0.29) is 17.4 Å². The minimum atomic E-state index is -4.37. The van der Waals surface area contributed by atoms with Gasteiger partial charge in [0, 0.05) is 12.0 Å². The molecule has 130 valence electrons. The number of nitrogens with zero attached hydrogens (tertiary/aromatic N) is 2. The number of halogens is 3. The monoisotopic (exact) mass is 349 g/mol. The molecule has 5 nitrogen and oxygen atoms in total. The van der Waals surface area contributed by atoms with Gasteiger partial charge in [0.25, 0.3) is 5.56 Å². The summed E-state index contributed by atoms with van der Waals surface area (Å²) in [5, 5.41) is 0. The van der Waals surface area contributed by atoms with Crippen LogP contribution in [-0.4, -0.2) is 15.0 Å². The van der Waals surface area contributed by atoms with Gasteiger partial charge in [-0.3, -0.25) is 4.79 Å². The van der Waals surface area contributed by atoms with Crippen molar-refractivity contribution in [3.8, 4) is 11.6 Å². The molecule has 3 rings (SSSR count). The molecule has 0 spiro atoms. The molecule has 1 unspecified atom stereocenters. The van der Waals surface area contributed by atoms with Crippen LogP contribution in [0.25, 0.3) is 11.6 Å². The fourth-order valence-electron chi connectivity index (χ4n) is 2.42. The molecule has 8 heteroatoms. The first kappa shape index (κ1) is 16.9. The van der Waals surface area contributed by atoms with Crippen molar-refractivity contribution >= 4 is 0 Å². The molecule has 0 amide bonds. The van der Waals surface area contributed by atoms with Crippen LogP contribution in [-0.2, 0) is 6.18 Å². The van der Waals surface area contributed by atoms with Crippen molar-refractivity contribution < 1.29 is 17.6 Å². The molecule has 0 aliphatic carbocycles. The van der Waals surface area contributed by atoms with Crippen molar-refractivity contribution in [1.29, 1.82) is 0 Å². The predicted molar refractivity (Wildman–Crippen MR) is 84.1 cm³/mol. The molecule has 0 saturated carbocycles. The zero-order valence-corrected chi connectivity index (χ0v) is 13.4. The number of H-pyrrole nitrogens is 1. The number of rotatable bonds is 3.